The van der Waals surface area contributed by atoms with E-state index in [1.165, 1.54) is 16.3 Å². The van der Waals surface area contributed by atoms with Crippen LogP contribution in [-0.2, 0) is 13.1 Å². The van der Waals surface area contributed by atoms with Crippen LogP contribution in [0.1, 0.15) is 11.3 Å². The van der Waals surface area contributed by atoms with Gasteiger partial charge in [-0.1, -0.05) is 30.0 Å². The maximum atomic E-state index is 12.5. The molecule has 6 nitrogen and oxygen atoms in total. The summed E-state index contributed by atoms with van der Waals surface area (Å²) >= 11 is 1.46. The van der Waals surface area contributed by atoms with Crippen LogP contribution in [0.2, 0.25) is 0 Å². The largest absolute Gasteiger partial charge is 0.361 e. The van der Waals surface area contributed by atoms with Crippen molar-refractivity contribution in [2.45, 2.75) is 18.2 Å². The molecular weight excluding hydrogens is 286 g/mol. The minimum absolute atomic E-state index is 0.0544. The van der Waals surface area contributed by atoms with Crippen molar-refractivity contribution in [1.29, 1.82) is 0 Å². The zero-order valence-electron chi connectivity index (χ0n) is 11.4. The highest BCUT2D eigenvalue weighted by Crippen LogP contribution is 2.25. The number of para-hydroxylation sites is 1. The van der Waals surface area contributed by atoms with Crippen LogP contribution in [0.25, 0.3) is 5.78 Å². The zero-order chi connectivity index (χ0) is 14.4. The van der Waals surface area contributed by atoms with Gasteiger partial charge in [-0.15, -0.1) is 0 Å². The smallest absolute Gasteiger partial charge is 0.279 e. The number of aromatic amines is 1. The Bertz CT molecular complexity index is 870. The average molecular weight is 299 g/mol. The molecule has 0 aliphatic carbocycles. The normalized spacial score (nSPS) is 13.9. The summed E-state index contributed by atoms with van der Waals surface area (Å²) in [6.07, 6.45) is 1.91. The first-order valence-electron chi connectivity index (χ1n) is 6.61. The SMILES string of the molecule is CSc1nc2nc3c(c(=O)n2[nH]1)CN(c1ccccc1)C3. The van der Waals surface area contributed by atoms with E-state index in [9.17, 15) is 4.79 Å². The number of H-pyrrole nitrogens is 1. The first-order chi connectivity index (χ1) is 10.3. The summed E-state index contributed by atoms with van der Waals surface area (Å²) in [5.41, 5.74) is 2.61. The highest BCUT2D eigenvalue weighted by molar-refractivity contribution is 7.98. The quantitative estimate of drug-likeness (QED) is 0.729. The van der Waals surface area contributed by atoms with Crippen LogP contribution >= 0.6 is 11.8 Å². The second-order valence-electron chi connectivity index (χ2n) is 4.90. The monoisotopic (exact) mass is 299 g/mol. The van der Waals surface area contributed by atoms with Gasteiger partial charge in [0.1, 0.15) is 0 Å². The Morgan fingerprint density at radius 3 is 2.76 bits per heavy atom. The van der Waals surface area contributed by atoms with E-state index in [1.807, 2.05) is 36.6 Å². The number of hydrogen-bond acceptors (Lipinski definition) is 5. The Kier molecular flexibility index (Phi) is 2.75. The molecule has 2 aromatic heterocycles. The van der Waals surface area contributed by atoms with Gasteiger partial charge in [-0.3, -0.25) is 9.89 Å². The van der Waals surface area contributed by atoms with Crippen LogP contribution in [0.5, 0.6) is 0 Å². The number of nitrogens with zero attached hydrogens (tertiary/aromatic N) is 4. The van der Waals surface area contributed by atoms with E-state index in [0.717, 1.165) is 16.9 Å². The lowest BCUT2D eigenvalue weighted by molar-refractivity contribution is 0.831. The molecule has 0 spiro atoms. The van der Waals surface area contributed by atoms with E-state index in [4.69, 9.17) is 0 Å². The first kappa shape index (κ1) is 12.5. The van der Waals surface area contributed by atoms with E-state index in [2.05, 4.69) is 20.0 Å². The lowest BCUT2D eigenvalue weighted by atomic mass is 10.3. The predicted molar refractivity (Wildman–Crippen MR) is 81.7 cm³/mol. The highest BCUT2D eigenvalue weighted by Gasteiger charge is 2.25. The van der Waals surface area contributed by atoms with E-state index in [1.54, 1.807) is 0 Å². The van der Waals surface area contributed by atoms with Gasteiger partial charge in [0.15, 0.2) is 5.16 Å². The molecular formula is C14H13N5OS. The van der Waals surface area contributed by atoms with Crippen molar-refractivity contribution in [3.8, 4) is 0 Å². The Balaban J connectivity index is 1.80. The molecule has 1 aliphatic rings. The fraction of sp³-hybridized carbons (Fsp3) is 0.214. The molecule has 3 heterocycles. The molecule has 0 atom stereocenters. The second kappa shape index (κ2) is 4.63. The number of rotatable bonds is 2. The molecule has 21 heavy (non-hydrogen) atoms. The van der Waals surface area contributed by atoms with Crippen LogP contribution in [0.15, 0.2) is 40.3 Å². The predicted octanol–water partition coefficient (Wildman–Crippen LogP) is 1.66. The third-order valence-corrected chi connectivity index (χ3v) is 4.23. The van der Waals surface area contributed by atoms with Crippen LogP contribution in [0.4, 0.5) is 5.69 Å². The Hall–Kier alpha value is -2.28. The summed E-state index contributed by atoms with van der Waals surface area (Å²) in [4.78, 5) is 23.5. The average Bonchev–Trinajstić information content (AvgIpc) is 3.12. The van der Waals surface area contributed by atoms with Gasteiger partial charge in [-0.25, -0.2) is 4.98 Å². The fourth-order valence-electron chi connectivity index (χ4n) is 2.60. The minimum atomic E-state index is -0.0544. The molecule has 0 saturated heterocycles. The number of nitrogens with one attached hydrogen (secondary N) is 1. The maximum Gasteiger partial charge on any atom is 0.279 e. The minimum Gasteiger partial charge on any atom is -0.361 e. The highest BCUT2D eigenvalue weighted by atomic mass is 32.2. The molecule has 1 N–H and O–H groups in total. The molecule has 0 amide bonds. The molecule has 0 fully saturated rings. The van der Waals surface area contributed by atoms with E-state index in [-0.39, 0.29) is 5.56 Å². The topological polar surface area (TPSA) is 66.3 Å². The number of benzene rings is 1. The number of anilines is 1. The molecule has 1 aliphatic heterocycles. The van der Waals surface area contributed by atoms with E-state index < -0.39 is 0 Å². The molecule has 1 aromatic carbocycles. The lowest BCUT2D eigenvalue weighted by Crippen LogP contribution is -2.21. The fourth-order valence-corrected chi connectivity index (χ4v) is 2.96. The summed E-state index contributed by atoms with van der Waals surface area (Å²) in [5.74, 6) is 0.443. The van der Waals surface area contributed by atoms with Gasteiger partial charge in [0, 0.05) is 5.69 Å². The van der Waals surface area contributed by atoms with Gasteiger partial charge in [0.25, 0.3) is 11.3 Å². The summed E-state index contributed by atoms with van der Waals surface area (Å²) < 4.78 is 1.43. The van der Waals surface area contributed by atoms with E-state index >= 15 is 0 Å². The van der Waals surface area contributed by atoms with E-state index in [0.29, 0.717) is 24.0 Å². The number of fused-ring (bicyclic) bond motifs is 2. The molecule has 0 unspecified atom stereocenters. The molecule has 106 valence electrons. The van der Waals surface area contributed by atoms with Crippen molar-refractivity contribution < 1.29 is 0 Å². The van der Waals surface area contributed by atoms with Gasteiger partial charge in [0.2, 0.25) is 0 Å². The van der Waals surface area contributed by atoms with Gasteiger partial charge in [0.05, 0.1) is 24.3 Å². The third kappa shape index (κ3) is 1.92. The van der Waals surface area contributed by atoms with Crippen molar-refractivity contribution in [3.05, 3.63) is 51.9 Å². The number of aromatic nitrogens is 4. The zero-order valence-corrected chi connectivity index (χ0v) is 12.2. The molecule has 3 aromatic rings. The van der Waals surface area contributed by atoms with Crippen LogP contribution in [0.3, 0.4) is 0 Å². The van der Waals surface area contributed by atoms with Gasteiger partial charge >= 0.3 is 0 Å². The number of hydrogen-bond donors (Lipinski definition) is 1. The van der Waals surface area contributed by atoms with Gasteiger partial charge < -0.3 is 4.90 Å². The molecule has 4 rings (SSSR count). The third-order valence-electron chi connectivity index (χ3n) is 3.66. The Morgan fingerprint density at radius 1 is 1.19 bits per heavy atom. The summed E-state index contributed by atoms with van der Waals surface area (Å²) in [5, 5.41) is 3.67. The maximum absolute atomic E-state index is 12.5. The summed E-state index contributed by atoms with van der Waals surface area (Å²) in [6.45, 7) is 1.23. The Labute approximate surface area is 124 Å². The standard InChI is InChI=1S/C14H13N5OS/c1-21-14-16-13-15-11-8-18(9-5-3-2-4-6-9)7-10(11)12(20)19(13)17-14/h2-6H,7-8H2,1H3,(H,15,16,17). The van der Waals surface area contributed by atoms with Gasteiger partial charge in [-0.05, 0) is 18.4 Å². The molecule has 0 saturated carbocycles. The molecule has 0 bridgehead atoms. The van der Waals surface area contributed by atoms with Crippen LogP contribution < -0.4 is 10.5 Å². The second-order valence-corrected chi connectivity index (χ2v) is 5.70. The van der Waals surface area contributed by atoms with Gasteiger partial charge in [-0.2, -0.15) is 9.50 Å². The first-order valence-corrected chi connectivity index (χ1v) is 7.83. The number of thioether (sulfide) groups is 1. The van der Waals surface area contributed by atoms with Crippen molar-refractivity contribution in [1.82, 2.24) is 19.6 Å². The van der Waals surface area contributed by atoms with Crippen molar-refractivity contribution in [3.63, 3.8) is 0 Å². The van der Waals surface area contributed by atoms with Crippen molar-refractivity contribution >= 4 is 23.2 Å². The lowest BCUT2D eigenvalue weighted by Gasteiger charge is -2.16. The summed E-state index contributed by atoms with van der Waals surface area (Å²) in [6, 6.07) is 10.1. The van der Waals surface area contributed by atoms with Crippen LogP contribution in [0, 0.1) is 0 Å². The Morgan fingerprint density at radius 2 is 2.00 bits per heavy atom. The summed E-state index contributed by atoms with van der Waals surface area (Å²) in [7, 11) is 0. The van der Waals surface area contributed by atoms with Crippen LogP contribution in [-0.4, -0.2) is 25.8 Å². The molecule has 0 radical (unpaired) electrons. The van der Waals surface area contributed by atoms with Crippen molar-refractivity contribution in [2.24, 2.45) is 0 Å². The molecule has 7 heteroatoms. The van der Waals surface area contributed by atoms with Crippen molar-refractivity contribution in [2.75, 3.05) is 11.2 Å².